The number of phenolic OH excluding ortho intramolecular Hbond substituents is 2. The summed E-state index contributed by atoms with van der Waals surface area (Å²) in [5, 5.41) is 29.1. The number of rotatable bonds is 8. The summed E-state index contributed by atoms with van der Waals surface area (Å²) in [6.07, 6.45) is 1.27. The van der Waals surface area contributed by atoms with Gasteiger partial charge in [-0.25, -0.2) is 0 Å². The third-order valence-corrected chi connectivity index (χ3v) is 4.59. The van der Waals surface area contributed by atoms with Crippen LogP contribution in [-0.2, 0) is 0 Å². The molecule has 0 atom stereocenters. The zero-order valence-corrected chi connectivity index (χ0v) is 17.7. The van der Waals surface area contributed by atoms with Gasteiger partial charge in [-0.2, -0.15) is 10.2 Å². The van der Waals surface area contributed by atoms with Crippen LogP contribution in [0.5, 0.6) is 28.7 Å². The second-order valence-electron chi connectivity index (χ2n) is 6.37. The van der Waals surface area contributed by atoms with Gasteiger partial charge >= 0.3 is 0 Å². The fraction of sp³-hybridized carbons (Fsp3) is 0.364. The number of benzene rings is 2. The normalized spacial score (nSPS) is 12.1. The van der Waals surface area contributed by atoms with E-state index in [1.165, 1.54) is 21.3 Å². The molecular weight excluding hydrogens is 372 g/mol. The van der Waals surface area contributed by atoms with Gasteiger partial charge in [0.25, 0.3) is 0 Å². The van der Waals surface area contributed by atoms with E-state index in [1.54, 1.807) is 18.2 Å². The van der Waals surface area contributed by atoms with Gasteiger partial charge in [0, 0.05) is 11.1 Å². The predicted octanol–water partition coefficient (Wildman–Crippen LogP) is 4.45. The molecule has 0 aliphatic heterocycles. The Morgan fingerprint density at radius 2 is 1.10 bits per heavy atom. The Labute approximate surface area is 171 Å². The molecule has 7 heteroatoms. The molecule has 29 heavy (non-hydrogen) atoms. The van der Waals surface area contributed by atoms with Crippen LogP contribution in [0, 0.1) is 6.92 Å². The summed E-state index contributed by atoms with van der Waals surface area (Å²) in [6.45, 7) is 5.77. The maximum absolute atomic E-state index is 10.1. The zero-order chi connectivity index (χ0) is 21.6. The van der Waals surface area contributed by atoms with Gasteiger partial charge in [0.1, 0.15) is 0 Å². The largest absolute Gasteiger partial charge is 0.504 e. The van der Waals surface area contributed by atoms with E-state index < -0.39 is 0 Å². The number of hydrogen-bond donors (Lipinski definition) is 2. The van der Waals surface area contributed by atoms with Crippen molar-refractivity contribution in [3.63, 3.8) is 0 Å². The van der Waals surface area contributed by atoms with Crippen LogP contribution < -0.4 is 14.2 Å². The molecule has 0 heterocycles. The fourth-order valence-electron chi connectivity index (χ4n) is 2.92. The van der Waals surface area contributed by atoms with E-state index in [2.05, 4.69) is 10.2 Å². The highest BCUT2D eigenvalue weighted by molar-refractivity contribution is 6.04. The molecule has 0 saturated carbocycles. The van der Waals surface area contributed by atoms with Crippen LogP contribution >= 0.6 is 0 Å². The van der Waals surface area contributed by atoms with E-state index in [1.807, 2.05) is 26.8 Å². The SMILES string of the molecule is CC/C(=N\N=C(/CC)c1cc(OC)c(O)c(OC)c1)c1cc(C)c(O)c(OC)c1. The molecule has 0 saturated heterocycles. The van der Waals surface area contributed by atoms with Gasteiger partial charge in [0.2, 0.25) is 5.75 Å². The monoisotopic (exact) mass is 400 g/mol. The predicted molar refractivity (Wildman–Crippen MR) is 114 cm³/mol. The first-order valence-electron chi connectivity index (χ1n) is 9.36. The average molecular weight is 400 g/mol. The van der Waals surface area contributed by atoms with E-state index in [4.69, 9.17) is 14.2 Å². The van der Waals surface area contributed by atoms with Crippen LogP contribution in [0.2, 0.25) is 0 Å². The molecule has 7 nitrogen and oxygen atoms in total. The first-order chi connectivity index (χ1) is 13.9. The summed E-state index contributed by atoms with van der Waals surface area (Å²) in [5.74, 6) is 1.07. The van der Waals surface area contributed by atoms with E-state index in [9.17, 15) is 10.2 Å². The van der Waals surface area contributed by atoms with Gasteiger partial charge in [0.15, 0.2) is 23.0 Å². The van der Waals surface area contributed by atoms with Crippen molar-refractivity contribution in [3.05, 3.63) is 41.0 Å². The lowest BCUT2D eigenvalue weighted by atomic mass is 10.0. The number of aromatic hydroxyl groups is 2. The summed E-state index contributed by atoms with van der Waals surface area (Å²) >= 11 is 0. The Hall–Kier alpha value is -3.22. The number of phenols is 2. The lowest BCUT2D eigenvalue weighted by Crippen LogP contribution is -2.04. The van der Waals surface area contributed by atoms with Crippen molar-refractivity contribution in [2.75, 3.05) is 21.3 Å². The van der Waals surface area contributed by atoms with Crippen molar-refractivity contribution in [2.45, 2.75) is 33.6 Å². The molecule has 2 N–H and O–H groups in total. The standard InChI is InChI=1S/C22H28N2O5/c1-7-16(14-9-13(3)21(25)18(10-14)27-4)23-24-17(8-2)15-11-19(28-5)22(26)20(12-15)29-6/h9-12,25-26H,7-8H2,1-6H3/b23-16+,24-17+. The van der Waals surface area contributed by atoms with Crippen LogP contribution in [0.15, 0.2) is 34.5 Å². The van der Waals surface area contributed by atoms with E-state index in [0.29, 0.717) is 35.7 Å². The molecule has 0 amide bonds. The molecule has 0 aliphatic carbocycles. The Morgan fingerprint density at radius 3 is 1.48 bits per heavy atom. The van der Waals surface area contributed by atoms with Gasteiger partial charge in [0.05, 0.1) is 32.8 Å². The second kappa shape index (κ2) is 9.82. The van der Waals surface area contributed by atoms with Crippen molar-refractivity contribution in [1.82, 2.24) is 0 Å². The first-order valence-corrected chi connectivity index (χ1v) is 9.36. The van der Waals surface area contributed by atoms with Gasteiger partial charge in [-0.05, 0) is 49.6 Å². The topological polar surface area (TPSA) is 92.9 Å². The van der Waals surface area contributed by atoms with Crippen molar-refractivity contribution in [3.8, 4) is 28.7 Å². The number of ether oxygens (including phenoxy) is 3. The number of aryl methyl sites for hydroxylation is 1. The third kappa shape index (κ3) is 4.80. The fourth-order valence-corrected chi connectivity index (χ4v) is 2.92. The molecule has 0 aromatic heterocycles. The average Bonchev–Trinajstić information content (AvgIpc) is 2.73. The van der Waals surface area contributed by atoms with Crippen molar-refractivity contribution in [2.24, 2.45) is 10.2 Å². The second-order valence-corrected chi connectivity index (χ2v) is 6.37. The summed E-state index contributed by atoms with van der Waals surface area (Å²) in [4.78, 5) is 0. The van der Waals surface area contributed by atoms with E-state index >= 15 is 0 Å². The summed E-state index contributed by atoms with van der Waals surface area (Å²) in [6, 6.07) is 7.01. The minimum absolute atomic E-state index is 0.0568. The maximum Gasteiger partial charge on any atom is 0.200 e. The Kier molecular flexibility index (Phi) is 7.47. The van der Waals surface area contributed by atoms with Crippen molar-refractivity contribution >= 4 is 11.4 Å². The van der Waals surface area contributed by atoms with Crippen molar-refractivity contribution in [1.29, 1.82) is 0 Å². The molecule has 0 aliphatic rings. The molecule has 2 rings (SSSR count). The van der Waals surface area contributed by atoms with Gasteiger partial charge < -0.3 is 24.4 Å². The number of hydrogen-bond acceptors (Lipinski definition) is 7. The van der Waals surface area contributed by atoms with Crippen molar-refractivity contribution < 1.29 is 24.4 Å². The molecule has 0 unspecified atom stereocenters. The smallest absolute Gasteiger partial charge is 0.200 e. The highest BCUT2D eigenvalue weighted by Gasteiger charge is 2.15. The minimum Gasteiger partial charge on any atom is -0.504 e. The highest BCUT2D eigenvalue weighted by atomic mass is 16.5. The molecule has 156 valence electrons. The summed E-state index contributed by atoms with van der Waals surface area (Å²) in [7, 11) is 4.48. The molecule has 0 spiro atoms. The molecule has 2 aromatic carbocycles. The number of methoxy groups -OCH3 is 3. The Morgan fingerprint density at radius 1 is 0.724 bits per heavy atom. The zero-order valence-electron chi connectivity index (χ0n) is 17.7. The highest BCUT2D eigenvalue weighted by Crippen LogP contribution is 2.37. The Bertz CT molecular complexity index is 910. The summed E-state index contributed by atoms with van der Waals surface area (Å²) < 4.78 is 15.7. The van der Waals surface area contributed by atoms with E-state index in [0.717, 1.165) is 22.6 Å². The third-order valence-electron chi connectivity index (χ3n) is 4.59. The maximum atomic E-state index is 10.1. The molecule has 2 aromatic rings. The van der Waals surface area contributed by atoms with Crippen LogP contribution in [0.4, 0.5) is 0 Å². The van der Waals surface area contributed by atoms with Gasteiger partial charge in [-0.15, -0.1) is 0 Å². The molecular formula is C22H28N2O5. The molecule has 0 radical (unpaired) electrons. The first kappa shape index (κ1) is 22.1. The van der Waals surface area contributed by atoms with Gasteiger partial charge in [-0.3, -0.25) is 0 Å². The van der Waals surface area contributed by atoms with Crippen LogP contribution in [0.3, 0.4) is 0 Å². The van der Waals surface area contributed by atoms with Crippen LogP contribution in [0.1, 0.15) is 43.4 Å². The van der Waals surface area contributed by atoms with Crippen LogP contribution in [0.25, 0.3) is 0 Å². The Balaban J connectivity index is 2.52. The minimum atomic E-state index is -0.0568. The molecule has 0 fully saturated rings. The lowest BCUT2D eigenvalue weighted by Gasteiger charge is -2.12. The lowest BCUT2D eigenvalue weighted by molar-refractivity contribution is 0.340. The summed E-state index contributed by atoms with van der Waals surface area (Å²) in [5.41, 5.74) is 3.76. The van der Waals surface area contributed by atoms with E-state index in [-0.39, 0.29) is 11.5 Å². The molecule has 0 bridgehead atoms. The number of nitrogens with zero attached hydrogens (tertiary/aromatic N) is 2. The van der Waals surface area contributed by atoms with Crippen LogP contribution in [-0.4, -0.2) is 43.0 Å². The van der Waals surface area contributed by atoms with Gasteiger partial charge in [-0.1, -0.05) is 13.8 Å². The quantitative estimate of drug-likeness (QED) is 0.505.